The molecule has 4 unspecified atom stereocenters. The molecule has 0 aliphatic carbocycles. The zero-order valence-electron chi connectivity index (χ0n) is 52.9. The summed E-state index contributed by atoms with van der Waals surface area (Å²) in [6, 6.07) is 0. The van der Waals surface area contributed by atoms with Gasteiger partial charge in [-0.2, -0.15) is 0 Å². The quantitative estimate of drug-likeness (QED) is 0.0222. The Balaban J connectivity index is 5.14. The number of hydrogen-bond acceptors (Lipinski definition) is 15. The van der Waals surface area contributed by atoms with E-state index >= 15 is 0 Å². The molecule has 0 aromatic heterocycles. The molecule has 0 rings (SSSR count). The van der Waals surface area contributed by atoms with Gasteiger partial charge in [-0.1, -0.05) is 254 Å². The Morgan fingerprint density at radius 3 is 0.927 bits per heavy atom. The van der Waals surface area contributed by atoms with Crippen molar-refractivity contribution in [1.82, 2.24) is 0 Å². The van der Waals surface area contributed by atoms with Crippen LogP contribution in [0.15, 0.2) is 0 Å². The molecular formula is C63H122O17P2. The number of carbonyl (C=O) groups excluding carboxylic acids is 4. The smallest absolute Gasteiger partial charge is 0.462 e. The van der Waals surface area contributed by atoms with E-state index in [0.717, 1.165) is 115 Å². The molecule has 0 spiro atoms. The first kappa shape index (κ1) is 80.1. The van der Waals surface area contributed by atoms with Crippen LogP contribution in [0.3, 0.4) is 0 Å². The summed E-state index contributed by atoms with van der Waals surface area (Å²) in [5.41, 5.74) is 0. The highest BCUT2D eigenvalue weighted by Crippen LogP contribution is 2.45. The van der Waals surface area contributed by atoms with Gasteiger partial charge in [0.1, 0.15) is 19.3 Å². The lowest BCUT2D eigenvalue weighted by Crippen LogP contribution is -2.30. The van der Waals surface area contributed by atoms with E-state index in [-0.39, 0.29) is 25.7 Å². The number of carbonyl (C=O) groups is 4. The fourth-order valence-electron chi connectivity index (χ4n) is 9.24. The molecule has 0 aromatic rings. The monoisotopic (exact) mass is 1210 g/mol. The van der Waals surface area contributed by atoms with Crippen LogP contribution < -0.4 is 0 Å². The van der Waals surface area contributed by atoms with Gasteiger partial charge in [-0.25, -0.2) is 9.13 Å². The normalized spacial score (nSPS) is 15.1. The summed E-state index contributed by atoms with van der Waals surface area (Å²) < 4.78 is 67.7. The molecule has 0 radical (unpaired) electrons. The largest absolute Gasteiger partial charge is 0.472 e. The van der Waals surface area contributed by atoms with E-state index in [4.69, 9.17) is 37.0 Å². The molecule has 19 heteroatoms. The van der Waals surface area contributed by atoms with E-state index in [2.05, 4.69) is 48.5 Å². The number of aliphatic hydroxyl groups excluding tert-OH is 1. The molecule has 0 aliphatic rings. The summed E-state index contributed by atoms with van der Waals surface area (Å²) in [5, 5.41) is 10.5. The van der Waals surface area contributed by atoms with Crippen molar-refractivity contribution in [1.29, 1.82) is 0 Å². The fraction of sp³-hybridized carbons (Fsp3) is 0.937. The second kappa shape index (κ2) is 54.5. The van der Waals surface area contributed by atoms with Gasteiger partial charge in [-0.05, 0) is 43.4 Å². The minimum atomic E-state index is -4.94. The summed E-state index contributed by atoms with van der Waals surface area (Å²) in [4.78, 5) is 71.9. The second-order valence-corrected chi connectivity index (χ2v) is 26.7. The first-order valence-corrected chi connectivity index (χ1v) is 35.9. The maximum Gasteiger partial charge on any atom is 0.472 e. The maximum atomic E-state index is 13.0. The molecule has 0 saturated heterocycles. The molecular weight excluding hydrogens is 1090 g/mol. The van der Waals surface area contributed by atoms with Crippen LogP contribution >= 0.6 is 15.6 Å². The summed E-state index contributed by atoms with van der Waals surface area (Å²) in [5.74, 6) is 0.0936. The molecule has 0 heterocycles. The molecule has 3 N–H and O–H groups in total. The van der Waals surface area contributed by atoms with Gasteiger partial charge >= 0.3 is 39.5 Å². The third-order valence-electron chi connectivity index (χ3n) is 15.1. The second-order valence-electron chi connectivity index (χ2n) is 23.8. The van der Waals surface area contributed by atoms with Crippen LogP contribution in [0.2, 0.25) is 0 Å². The molecule has 486 valence electrons. The highest BCUT2D eigenvalue weighted by atomic mass is 31.2. The molecule has 82 heavy (non-hydrogen) atoms. The van der Waals surface area contributed by atoms with E-state index in [1.54, 1.807) is 0 Å². The summed E-state index contributed by atoms with van der Waals surface area (Å²) in [6.07, 6.45) is 35.4. The number of phosphoric acid groups is 2. The first-order valence-electron chi connectivity index (χ1n) is 32.9. The van der Waals surface area contributed by atoms with Crippen LogP contribution in [0, 0.1) is 17.8 Å². The zero-order valence-corrected chi connectivity index (χ0v) is 54.7. The van der Waals surface area contributed by atoms with Crippen LogP contribution in [0.1, 0.15) is 305 Å². The number of esters is 4. The lowest BCUT2D eigenvalue weighted by Gasteiger charge is -2.21. The average Bonchev–Trinajstić information content (AvgIpc) is 3.46. The Bertz CT molecular complexity index is 1630. The molecule has 0 fully saturated rings. The van der Waals surface area contributed by atoms with Crippen molar-refractivity contribution in [3.63, 3.8) is 0 Å². The highest BCUT2D eigenvalue weighted by Gasteiger charge is 2.30. The number of ether oxygens (including phenoxy) is 4. The molecule has 0 saturated carbocycles. The van der Waals surface area contributed by atoms with Gasteiger partial charge in [0.05, 0.1) is 26.4 Å². The lowest BCUT2D eigenvalue weighted by atomic mass is 9.99. The third kappa shape index (κ3) is 54.7. The molecule has 7 atom stereocenters. The average molecular weight is 1210 g/mol. The number of phosphoric ester groups is 2. The van der Waals surface area contributed by atoms with Crippen molar-refractivity contribution in [2.75, 3.05) is 39.6 Å². The molecule has 0 bridgehead atoms. The van der Waals surface area contributed by atoms with Gasteiger partial charge in [0.25, 0.3) is 0 Å². The lowest BCUT2D eigenvalue weighted by molar-refractivity contribution is -0.161. The van der Waals surface area contributed by atoms with E-state index < -0.39 is 97.5 Å². The Labute approximate surface area is 498 Å². The van der Waals surface area contributed by atoms with Crippen molar-refractivity contribution in [2.45, 2.75) is 324 Å². The summed E-state index contributed by atoms with van der Waals surface area (Å²) >= 11 is 0. The van der Waals surface area contributed by atoms with Gasteiger partial charge in [-0.3, -0.25) is 37.3 Å². The van der Waals surface area contributed by atoms with Gasteiger partial charge in [0, 0.05) is 25.7 Å². The van der Waals surface area contributed by atoms with Gasteiger partial charge < -0.3 is 33.8 Å². The number of hydrogen-bond donors (Lipinski definition) is 3. The van der Waals surface area contributed by atoms with Crippen molar-refractivity contribution >= 4 is 39.5 Å². The van der Waals surface area contributed by atoms with Crippen molar-refractivity contribution in [2.24, 2.45) is 17.8 Å². The van der Waals surface area contributed by atoms with Gasteiger partial charge in [0.2, 0.25) is 0 Å². The molecule has 17 nitrogen and oxygen atoms in total. The van der Waals surface area contributed by atoms with Crippen molar-refractivity contribution in [3.05, 3.63) is 0 Å². The van der Waals surface area contributed by atoms with Crippen LogP contribution in [0.25, 0.3) is 0 Å². The van der Waals surface area contributed by atoms with Crippen LogP contribution in [-0.4, -0.2) is 96.7 Å². The number of rotatable bonds is 61. The topological polar surface area (TPSA) is 237 Å². The summed E-state index contributed by atoms with van der Waals surface area (Å²) in [7, 11) is -9.88. The standard InChI is InChI=1S/C63H122O17P2/c1-8-11-12-27-37-44-60(65)73-50-58(80-63(68)47-40-33-25-23-28-34-41-54(4)5)52-77-81(69,70)75-48-57(64)49-76-82(71,72)78-53-59(51-74-61(66)45-38-31-26-24-30-36-43-56(7)10-3)79-62(67)46-39-32-22-20-18-16-14-13-15-17-19-21-29-35-42-55(6)9-2/h54-59,64H,8-53H2,1-7H3,(H,69,70)(H,71,72)/t55?,56?,57-,58+,59+/m0/s1. The minimum absolute atomic E-state index is 0.101. The Morgan fingerprint density at radius 2 is 0.622 bits per heavy atom. The van der Waals surface area contributed by atoms with Crippen LogP contribution in [0.4, 0.5) is 0 Å². The van der Waals surface area contributed by atoms with Crippen molar-refractivity contribution < 1.29 is 80.2 Å². The number of aliphatic hydroxyl groups is 1. The summed E-state index contributed by atoms with van der Waals surface area (Å²) in [6.45, 7) is 11.6. The first-order chi connectivity index (χ1) is 39.3. The van der Waals surface area contributed by atoms with Crippen LogP contribution in [0.5, 0.6) is 0 Å². The molecule has 0 aliphatic heterocycles. The third-order valence-corrected chi connectivity index (χ3v) is 17.0. The zero-order chi connectivity index (χ0) is 61.0. The van der Waals surface area contributed by atoms with Gasteiger partial charge in [-0.15, -0.1) is 0 Å². The van der Waals surface area contributed by atoms with Crippen LogP contribution in [-0.2, 0) is 65.4 Å². The molecule has 0 amide bonds. The van der Waals surface area contributed by atoms with Crippen molar-refractivity contribution in [3.8, 4) is 0 Å². The van der Waals surface area contributed by atoms with E-state index in [1.165, 1.54) is 103 Å². The molecule has 0 aromatic carbocycles. The van der Waals surface area contributed by atoms with E-state index in [9.17, 15) is 43.2 Å². The van der Waals surface area contributed by atoms with E-state index in [1.807, 2.05) is 0 Å². The fourth-order valence-corrected chi connectivity index (χ4v) is 10.8. The Kier molecular flexibility index (Phi) is 53.2. The predicted octanol–water partition coefficient (Wildman–Crippen LogP) is 17.1. The maximum absolute atomic E-state index is 13.0. The number of unbranched alkanes of at least 4 members (excludes halogenated alkanes) is 27. The Hall–Kier alpha value is -1.94. The SMILES string of the molecule is CCCCCCCC(=O)OC[C@H](COP(=O)(O)OC[C@H](O)COP(=O)(O)OC[C@@H](COC(=O)CCCCCCCCC(C)CC)OC(=O)CCCCCCCCCCCCCCCCC(C)CC)OC(=O)CCCCCCCCC(C)C. The van der Waals surface area contributed by atoms with E-state index in [0.29, 0.717) is 31.6 Å². The highest BCUT2D eigenvalue weighted by molar-refractivity contribution is 7.47. The Morgan fingerprint density at radius 1 is 0.354 bits per heavy atom. The minimum Gasteiger partial charge on any atom is -0.462 e. The predicted molar refractivity (Wildman–Crippen MR) is 326 cm³/mol. The van der Waals surface area contributed by atoms with Gasteiger partial charge in [0.15, 0.2) is 12.2 Å².